The molecular formula is C16H14F3N3O3. The molecule has 0 bridgehead atoms. The lowest BCUT2D eigenvalue weighted by Gasteiger charge is -2.14. The summed E-state index contributed by atoms with van der Waals surface area (Å²) in [7, 11) is 4.59. The van der Waals surface area contributed by atoms with Gasteiger partial charge >= 0.3 is 11.9 Å². The van der Waals surface area contributed by atoms with Crippen LogP contribution in [0, 0.1) is 0 Å². The number of furan rings is 1. The first-order valence-electron chi connectivity index (χ1n) is 7.20. The third kappa shape index (κ3) is 2.71. The Morgan fingerprint density at radius 2 is 1.80 bits per heavy atom. The molecule has 25 heavy (non-hydrogen) atoms. The fourth-order valence-corrected chi connectivity index (χ4v) is 2.57. The van der Waals surface area contributed by atoms with Crippen molar-refractivity contribution in [3.63, 3.8) is 0 Å². The Hall–Kier alpha value is -2.97. The maximum atomic E-state index is 12.9. The van der Waals surface area contributed by atoms with E-state index in [0.717, 1.165) is 12.7 Å². The van der Waals surface area contributed by atoms with Gasteiger partial charge in [0.25, 0.3) is 5.56 Å². The standard InChI is InChI=1S/C16H14F3N3O3/c1-20(2)9-4-5-12-10(6-9)11(8-25-12)22-14(23)7-13(16(17,18)19)21(3)15(22)24/h4-8H,1-3H3. The maximum absolute atomic E-state index is 12.9. The second-order valence-electron chi connectivity index (χ2n) is 5.74. The van der Waals surface area contributed by atoms with Gasteiger partial charge in [0.15, 0.2) is 0 Å². The number of nitrogens with zero attached hydrogens (tertiary/aromatic N) is 3. The molecule has 3 rings (SSSR count). The minimum absolute atomic E-state index is 0.0954. The molecule has 0 saturated carbocycles. The molecule has 0 unspecified atom stereocenters. The summed E-state index contributed by atoms with van der Waals surface area (Å²) in [5.74, 6) is 0. The monoisotopic (exact) mass is 353 g/mol. The van der Waals surface area contributed by atoms with Gasteiger partial charge in [-0.05, 0) is 18.2 Å². The zero-order valence-electron chi connectivity index (χ0n) is 13.6. The Labute approximate surface area is 139 Å². The first-order chi connectivity index (χ1) is 11.6. The second-order valence-corrected chi connectivity index (χ2v) is 5.74. The first-order valence-corrected chi connectivity index (χ1v) is 7.20. The third-order valence-electron chi connectivity index (χ3n) is 3.90. The maximum Gasteiger partial charge on any atom is 0.431 e. The number of anilines is 1. The van der Waals surface area contributed by atoms with E-state index in [-0.39, 0.29) is 5.69 Å². The Balaban J connectivity index is 2.33. The quantitative estimate of drug-likeness (QED) is 0.710. The molecule has 2 aromatic heterocycles. The van der Waals surface area contributed by atoms with E-state index in [0.29, 0.717) is 26.2 Å². The van der Waals surface area contributed by atoms with Gasteiger partial charge in [-0.25, -0.2) is 9.36 Å². The van der Waals surface area contributed by atoms with E-state index in [2.05, 4.69) is 0 Å². The summed E-state index contributed by atoms with van der Waals surface area (Å²) in [6.45, 7) is 0. The molecule has 0 N–H and O–H groups in total. The lowest BCUT2D eigenvalue weighted by atomic mass is 10.2. The van der Waals surface area contributed by atoms with E-state index >= 15 is 0 Å². The average Bonchev–Trinajstić information content (AvgIpc) is 2.93. The van der Waals surface area contributed by atoms with Crippen LogP contribution >= 0.6 is 0 Å². The lowest BCUT2D eigenvalue weighted by molar-refractivity contribution is -0.144. The van der Waals surface area contributed by atoms with Gasteiger partial charge in [0.05, 0.1) is 0 Å². The van der Waals surface area contributed by atoms with Crippen LogP contribution in [0.25, 0.3) is 16.7 Å². The molecule has 0 aliphatic heterocycles. The Morgan fingerprint density at radius 3 is 2.40 bits per heavy atom. The predicted octanol–water partition coefficient (Wildman–Crippen LogP) is 2.37. The van der Waals surface area contributed by atoms with Gasteiger partial charge in [-0.15, -0.1) is 0 Å². The van der Waals surface area contributed by atoms with Crippen LogP contribution in [0.1, 0.15) is 5.69 Å². The van der Waals surface area contributed by atoms with E-state index in [1.807, 2.05) is 19.0 Å². The molecule has 0 fully saturated rings. The zero-order valence-corrected chi connectivity index (χ0v) is 13.6. The molecule has 0 spiro atoms. The highest BCUT2D eigenvalue weighted by molar-refractivity contribution is 5.89. The number of benzene rings is 1. The van der Waals surface area contributed by atoms with E-state index in [1.54, 1.807) is 18.2 Å². The van der Waals surface area contributed by atoms with Crippen LogP contribution in [0.4, 0.5) is 18.9 Å². The van der Waals surface area contributed by atoms with Gasteiger partial charge in [0, 0.05) is 38.3 Å². The van der Waals surface area contributed by atoms with Crippen molar-refractivity contribution in [1.29, 1.82) is 0 Å². The molecule has 9 heteroatoms. The SMILES string of the molecule is CN(C)c1ccc2occ(-n3c(=O)cc(C(F)(F)F)n(C)c3=O)c2c1. The fraction of sp³-hybridized carbons (Fsp3) is 0.250. The number of aromatic nitrogens is 2. The van der Waals surface area contributed by atoms with Crippen LogP contribution in [0.3, 0.4) is 0 Å². The number of rotatable bonds is 2. The van der Waals surface area contributed by atoms with Crippen LogP contribution in [0.5, 0.6) is 0 Å². The molecule has 0 aliphatic carbocycles. The van der Waals surface area contributed by atoms with Gasteiger partial charge in [-0.2, -0.15) is 13.2 Å². The summed E-state index contributed by atoms with van der Waals surface area (Å²) in [5.41, 5.74) is -2.19. The number of fused-ring (bicyclic) bond motifs is 1. The molecule has 0 atom stereocenters. The van der Waals surface area contributed by atoms with Crippen LogP contribution in [-0.2, 0) is 13.2 Å². The van der Waals surface area contributed by atoms with Crippen molar-refractivity contribution in [1.82, 2.24) is 9.13 Å². The molecule has 6 nitrogen and oxygen atoms in total. The minimum Gasteiger partial charge on any atom is -0.462 e. The summed E-state index contributed by atoms with van der Waals surface area (Å²) in [4.78, 5) is 26.4. The topological polar surface area (TPSA) is 60.4 Å². The Morgan fingerprint density at radius 1 is 1.12 bits per heavy atom. The average molecular weight is 353 g/mol. The van der Waals surface area contributed by atoms with Gasteiger partial charge in [0.1, 0.15) is 23.2 Å². The van der Waals surface area contributed by atoms with Crippen LogP contribution in [0.2, 0.25) is 0 Å². The minimum atomic E-state index is -4.80. The van der Waals surface area contributed by atoms with Crippen LogP contribution < -0.4 is 16.1 Å². The number of halogens is 3. The van der Waals surface area contributed by atoms with Gasteiger partial charge < -0.3 is 9.32 Å². The van der Waals surface area contributed by atoms with E-state index in [4.69, 9.17) is 4.42 Å². The van der Waals surface area contributed by atoms with Gasteiger partial charge in [0.2, 0.25) is 0 Å². The number of alkyl halides is 3. The van der Waals surface area contributed by atoms with Crippen molar-refractivity contribution in [2.45, 2.75) is 6.18 Å². The van der Waals surface area contributed by atoms with Crippen molar-refractivity contribution in [3.05, 3.63) is 57.1 Å². The van der Waals surface area contributed by atoms with E-state index in [9.17, 15) is 22.8 Å². The summed E-state index contributed by atoms with van der Waals surface area (Å²) >= 11 is 0. The third-order valence-corrected chi connectivity index (χ3v) is 3.90. The molecule has 0 radical (unpaired) electrons. The predicted molar refractivity (Wildman–Crippen MR) is 86.4 cm³/mol. The smallest absolute Gasteiger partial charge is 0.431 e. The fourth-order valence-electron chi connectivity index (χ4n) is 2.57. The molecular weight excluding hydrogens is 339 g/mol. The van der Waals surface area contributed by atoms with Gasteiger partial charge in [-0.1, -0.05) is 0 Å². The van der Waals surface area contributed by atoms with Crippen molar-refractivity contribution in [2.24, 2.45) is 7.05 Å². The summed E-state index contributed by atoms with van der Waals surface area (Å²) < 4.78 is 45.2. The molecule has 132 valence electrons. The summed E-state index contributed by atoms with van der Waals surface area (Å²) in [6.07, 6.45) is -3.62. The normalized spacial score (nSPS) is 11.9. The van der Waals surface area contributed by atoms with Crippen LogP contribution in [-0.4, -0.2) is 23.2 Å². The number of hydrogen-bond donors (Lipinski definition) is 0. The molecule has 1 aromatic carbocycles. The van der Waals surface area contributed by atoms with Crippen LogP contribution in [0.15, 0.2) is 44.5 Å². The summed E-state index contributed by atoms with van der Waals surface area (Å²) in [5, 5.41) is 0.449. The molecule has 0 amide bonds. The molecule has 0 saturated heterocycles. The van der Waals surface area contributed by atoms with Crippen molar-refractivity contribution >= 4 is 16.7 Å². The van der Waals surface area contributed by atoms with Crippen molar-refractivity contribution < 1.29 is 17.6 Å². The van der Waals surface area contributed by atoms with Crippen molar-refractivity contribution in [3.8, 4) is 5.69 Å². The number of hydrogen-bond acceptors (Lipinski definition) is 4. The first kappa shape index (κ1) is 16.9. The highest BCUT2D eigenvalue weighted by atomic mass is 19.4. The largest absolute Gasteiger partial charge is 0.462 e. The summed E-state index contributed by atoms with van der Waals surface area (Å²) in [6, 6.07) is 5.53. The van der Waals surface area contributed by atoms with Crippen molar-refractivity contribution in [2.75, 3.05) is 19.0 Å². The highest BCUT2D eigenvalue weighted by Crippen LogP contribution is 2.29. The second kappa shape index (κ2) is 5.54. The highest BCUT2D eigenvalue weighted by Gasteiger charge is 2.35. The lowest BCUT2D eigenvalue weighted by Crippen LogP contribution is -2.40. The van der Waals surface area contributed by atoms with Gasteiger partial charge in [-0.3, -0.25) is 9.36 Å². The molecule has 2 heterocycles. The van der Waals surface area contributed by atoms with E-state index < -0.39 is 23.1 Å². The van der Waals surface area contributed by atoms with E-state index in [1.165, 1.54) is 6.26 Å². The Kier molecular flexibility index (Phi) is 3.74. The zero-order chi connectivity index (χ0) is 18.5. The Bertz CT molecular complexity index is 1070. The molecule has 3 aromatic rings. The molecule has 0 aliphatic rings.